The molecule has 0 aliphatic carbocycles. The van der Waals surface area contributed by atoms with Crippen molar-refractivity contribution in [2.24, 2.45) is 0 Å². The quantitative estimate of drug-likeness (QED) is 0.868. The van der Waals surface area contributed by atoms with Crippen LogP contribution in [0.1, 0.15) is 24.5 Å². The summed E-state index contributed by atoms with van der Waals surface area (Å²) in [5, 5.41) is 13.1. The minimum atomic E-state index is -0.945. The SMILES string of the molecule is Cc1ccc(C(C)(C(=O)O)N2CCCNCC2)cc1. The van der Waals surface area contributed by atoms with Crippen LogP contribution in [0.2, 0.25) is 0 Å². The maximum atomic E-state index is 11.9. The van der Waals surface area contributed by atoms with Gasteiger partial charge in [-0.15, -0.1) is 0 Å². The molecule has 0 bridgehead atoms. The van der Waals surface area contributed by atoms with Gasteiger partial charge in [-0.1, -0.05) is 29.8 Å². The Labute approximate surface area is 114 Å². The molecule has 1 aliphatic heterocycles. The van der Waals surface area contributed by atoms with Crippen molar-refractivity contribution in [3.05, 3.63) is 35.4 Å². The number of aryl methyl sites for hydroxylation is 1. The van der Waals surface area contributed by atoms with Gasteiger partial charge in [0.1, 0.15) is 5.54 Å². The number of aliphatic carboxylic acids is 1. The van der Waals surface area contributed by atoms with E-state index in [9.17, 15) is 9.90 Å². The number of carboxylic acid groups (broad SMARTS) is 1. The van der Waals surface area contributed by atoms with Gasteiger partial charge in [0.05, 0.1) is 0 Å². The van der Waals surface area contributed by atoms with E-state index < -0.39 is 11.5 Å². The van der Waals surface area contributed by atoms with Gasteiger partial charge in [0, 0.05) is 19.6 Å². The zero-order chi connectivity index (χ0) is 13.9. The summed E-state index contributed by atoms with van der Waals surface area (Å²) in [6, 6.07) is 7.82. The highest BCUT2D eigenvalue weighted by atomic mass is 16.4. The maximum Gasteiger partial charge on any atom is 0.328 e. The Morgan fingerprint density at radius 2 is 1.95 bits per heavy atom. The second kappa shape index (κ2) is 5.72. The molecule has 0 radical (unpaired) electrons. The van der Waals surface area contributed by atoms with E-state index in [0.29, 0.717) is 0 Å². The lowest BCUT2D eigenvalue weighted by Gasteiger charge is -2.37. The second-order valence-corrected chi connectivity index (χ2v) is 5.33. The van der Waals surface area contributed by atoms with E-state index in [2.05, 4.69) is 10.2 Å². The normalized spacial score (nSPS) is 20.5. The predicted molar refractivity (Wildman–Crippen MR) is 75.2 cm³/mol. The lowest BCUT2D eigenvalue weighted by Crippen LogP contribution is -2.51. The van der Waals surface area contributed by atoms with Crippen LogP contribution in [-0.2, 0) is 10.3 Å². The fourth-order valence-corrected chi connectivity index (χ4v) is 2.61. The Hall–Kier alpha value is -1.39. The van der Waals surface area contributed by atoms with Crippen LogP contribution >= 0.6 is 0 Å². The number of hydrogen-bond donors (Lipinski definition) is 2. The van der Waals surface area contributed by atoms with Gasteiger partial charge in [0.15, 0.2) is 0 Å². The molecule has 0 aromatic heterocycles. The van der Waals surface area contributed by atoms with E-state index in [0.717, 1.165) is 43.7 Å². The van der Waals surface area contributed by atoms with Crippen molar-refractivity contribution < 1.29 is 9.90 Å². The molecular weight excluding hydrogens is 240 g/mol. The largest absolute Gasteiger partial charge is 0.480 e. The molecule has 1 heterocycles. The average molecular weight is 262 g/mol. The summed E-state index contributed by atoms with van der Waals surface area (Å²) >= 11 is 0. The summed E-state index contributed by atoms with van der Waals surface area (Å²) in [6.07, 6.45) is 0.981. The van der Waals surface area contributed by atoms with Gasteiger partial charge in [0.2, 0.25) is 0 Å². The molecule has 0 saturated carbocycles. The number of carbonyl (C=O) groups is 1. The van der Waals surface area contributed by atoms with Crippen LogP contribution in [0, 0.1) is 6.92 Å². The Balaban J connectivity index is 2.35. The lowest BCUT2D eigenvalue weighted by atomic mass is 9.89. The zero-order valence-corrected chi connectivity index (χ0v) is 11.6. The van der Waals surface area contributed by atoms with Crippen molar-refractivity contribution >= 4 is 5.97 Å². The molecule has 4 nitrogen and oxygen atoms in total. The van der Waals surface area contributed by atoms with E-state index in [-0.39, 0.29) is 0 Å². The van der Waals surface area contributed by atoms with Gasteiger partial charge in [-0.3, -0.25) is 4.90 Å². The summed E-state index contributed by atoms with van der Waals surface area (Å²) in [5.74, 6) is -0.779. The highest BCUT2D eigenvalue weighted by Crippen LogP contribution is 2.29. The molecule has 104 valence electrons. The highest BCUT2D eigenvalue weighted by Gasteiger charge is 2.41. The van der Waals surface area contributed by atoms with E-state index >= 15 is 0 Å². The topological polar surface area (TPSA) is 52.6 Å². The molecular formula is C15H22N2O2. The van der Waals surface area contributed by atoms with Crippen LogP contribution in [0.4, 0.5) is 0 Å². The minimum absolute atomic E-state index is 0.761. The Morgan fingerprint density at radius 1 is 1.26 bits per heavy atom. The Bertz CT molecular complexity index is 436. The molecule has 4 heteroatoms. The van der Waals surface area contributed by atoms with Gasteiger partial charge in [0.25, 0.3) is 0 Å². The number of hydrogen-bond acceptors (Lipinski definition) is 3. The maximum absolute atomic E-state index is 11.9. The predicted octanol–water partition coefficient (Wildman–Crippen LogP) is 1.59. The summed E-state index contributed by atoms with van der Waals surface area (Å²) < 4.78 is 0. The van der Waals surface area contributed by atoms with Gasteiger partial charge in [-0.25, -0.2) is 4.79 Å². The van der Waals surface area contributed by atoms with Gasteiger partial charge in [-0.2, -0.15) is 0 Å². The summed E-state index contributed by atoms with van der Waals surface area (Å²) in [7, 11) is 0. The number of rotatable bonds is 3. The molecule has 1 atom stereocenters. The van der Waals surface area contributed by atoms with Crippen molar-refractivity contribution in [3.8, 4) is 0 Å². The highest BCUT2D eigenvalue weighted by molar-refractivity contribution is 5.80. The van der Waals surface area contributed by atoms with Crippen molar-refractivity contribution in [1.82, 2.24) is 10.2 Å². The third-order valence-electron chi connectivity index (χ3n) is 4.00. The van der Waals surface area contributed by atoms with Crippen LogP contribution in [0.5, 0.6) is 0 Å². The van der Waals surface area contributed by atoms with Crippen molar-refractivity contribution in [2.45, 2.75) is 25.8 Å². The third kappa shape index (κ3) is 2.80. The zero-order valence-electron chi connectivity index (χ0n) is 11.6. The smallest absolute Gasteiger partial charge is 0.328 e. The molecule has 1 saturated heterocycles. The first-order valence-corrected chi connectivity index (χ1v) is 6.81. The second-order valence-electron chi connectivity index (χ2n) is 5.33. The Morgan fingerprint density at radius 3 is 2.58 bits per heavy atom. The number of benzene rings is 1. The summed E-state index contributed by atoms with van der Waals surface area (Å²) in [5.41, 5.74) is 1.06. The molecule has 1 aromatic carbocycles. The number of nitrogens with one attached hydrogen (secondary N) is 1. The van der Waals surface area contributed by atoms with Gasteiger partial charge < -0.3 is 10.4 Å². The van der Waals surface area contributed by atoms with Crippen LogP contribution in [0.25, 0.3) is 0 Å². The first kappa shape index (κ1) is 14.0. The first-order chi connectivity index (χ1) is 9.05. The van der Waals surface area contributed by atoms with Crippen LogP contribution in [-0.4, -0.2) is 42.2 Å². The van der Waals surface area contributed by atoms with E-state index in [1.54, 1.807) is 0 Å². The average Bonchev–Trinajstić information content (AvgIpc) is 2.67. The number of nitrogens with zero attached hydrogens (tertiary/aromatic N) is 1. The molecule has 2 N–H and O–H groups in total. The molecule has 1 aliphatic rings. The molecule has 1 fully saturated rings. The van der Waals surface area contributed by atoms with E-state index in [1.807, 2.05) is 38.1 Å². The van der Waals surface area contributed by atoms with Gasteiger partial charge in [-0.05, 0) is 32.4 Å². The molecule has 0 spiro atoms. The summed E-state index contributed by atoms with van der Waals surface area (Å²) in [6.45, 7) is 7.19. The monoisotopic (exact) mass is 262 g/mol. The third-order valence-corrected chi connectivity index (χ3v) is 4.00. The standard InChI is InChI=1S/C15H22N2O2/c1-12-4-6-13(7-5-12)15(2,14(18)19)17-10-3-8-16-9-11-17/h4-7,16H,3,8-11H2,1-2H3,(H,18,19). The van der Waals surface area contributed by atoms with E-state index in [4.69, 9.17) is 0 Å². The molecule has 2 rings (SSSR count). The Kier molecular flexibility index (Phi) is 4.22. The van der Waals surface area contributed by atoms with Crippen LogP contribution in [0.15, 0.2) is 24.3 Å². The van der Waals surface area contributed by atoms with Crippen LogP contribution in [0.3, 0.4) is 0 Å². The first-order valence-electron chi connectivity index (χ1n) is 6.81. The van der Waals surface area contributed by atoms with Crippen LogP contribution < -0.4 is 5.32 Å². The molecule has 1 aromatic rings. The fraction of sp³-hybridized carbons (Fsp3) is 0.533. The molecule has 1 unspecified atom stereocenters. The van der Waals surface area contributed by atoms with Crippen molar-refractivity contribution in [2.75, 3.05) is 26.2 Å². The van der Waals surface area contributed by atoms with Gasteiger partial charge >= 0.3 is 5.97 Å². The lowest BCUT2D eigenvalue weighted by molar-refractivity contribution is -0.151. The summed E-state index contributed by atoms with van der Waals surface area (Å²) in [4.78, 5) is 13.9. The number of carboxylic acids is 1. The van der Waals surface area contributed by atoms with Crippen molar-refractivity contribution in [1.29, 1.82) is 0 Å². The van der Waals surface area contributed by atoms with Crippen molar-refractivity contribution in [3.63, 3.8) is 0 Å². The van der Waals surface area contributed by atoms with E-state index in [1.165, 1.54) is 0 Å². The molecule has 0 amide bonds. The fourth-order valence-electron chi connectivity index (χ4n) is 2.61. The molecule has 19 heavy (non-hydrogen) atoms. The minimum Gasteiger partial charge on any atom is -0.480 e.